The van der Waals surface area contributed by atoms with Crippen molar-refractivity contribution in [3.8, 4) is 0 Å². The lowest BCUT2D eigenvalue weighted by Gasteiger charge is -2.30. The standard InChI is InChI=1S/C15H23N3O2/c1-3-15(4-2,9-19)8-17-13-7-12-10(5-11(13)16)6-14(20)18-12/h5,7,17,19H,3-4,6,8-9,16H2,1-2H3,(H,18,20). The number of anilines is 3. The van der Waals surface area contributed by atoms with Gasteiger partial charge in [-0.05, 0) is 30.5 Å². The number of hydrogen-bond donors (Lipinski definition) is 4. The fraction of sp³-hybridized carbons (Fsp3) is 0.533. The lowest BCUT2D eigenvalue weighted by atomic mass is 9.83. The van der Waals surface area contributed by atoms with Crippen LogP contribution in [0.1, 0.15) is 32.3 Å². The molecule has 0 saturated carbocycles. The minimum atomic E-state index is -0.130. The third kappa shape index (κ3) is 2.72. The summed E-state index contributed by atoms with van der Waals surface area (Å²) in [5, 5.41) is 15.7. The van der Waals surface area contributed by atoms with Gasteiger partial charge in [0.05, 0.1) is 24.4 Å². The summed E-state index contributed by atoms with van der Waals surface area (Å²) in [5.74, 6) is 0.00312. The molecule has 2 rings (SSSR count). The number of fused-ring (bicyclic) bond motifs is 1. The molecule has 1 aromatic rings. The molecule has 1 heterocycles. The van der Waals surface area contributed by atoms with Crippen molar-refractivity contribution < 1.29 is 9.90 Å². The normalized spacial score (nSPS) is 14.1. The largest absolute Gasteiger partial charge is 0.397 e. The zero-order chi connectivity index (χ0) is 14.8. The highest BCUT2D eigenvalue weighted by Gasteiger charge is 2.26. The molecular weight excluding hydrogens is 254 g/mol. The van der Waals surface area contributed by atoms with Gasteiger partial charge in [-0.3, -0.25) is 4.79 Å². The van der Waals surface area contributed by atoms with Crippen LogP contribution < -0.4 is 16.4 Å². The Bertz CT molecular complexity index is 502. The number of hydrogen-bond acceptors (Lipinski definition) is 4. The minimum Gasteiger partial charge on any atom is -0.397 e. The second-order valence-corrected chi connectivity index (χ2v) is 5.54. The Morgan fingerprint density at radius 2 is 2.10 bits per heavy atom. The molecule has 1 aliphatic rings. The Kier molecular flexibility index (Phi) is 4.18. The first kappa shape index (κ1) is 14.7. The lowest BCUT2D eigenvalue weighted by molar-refractivity contribution is -0.115. The van der Waals surface area contributed by atoms with E-state index in [1.54, 1.807) is 0 Å². The number of aliphatic hydroxyl groups is 1. The summed E-state index contributed by atoms with van der Waals surface area (Å²) >= 11 is 0. The number of nitrogens with one attached hydrogen (secondary N) is 2. The molecule has 5 nitrogen and oxygen atoms in total. The van der Waals surface area contributed by atoms with Gasteiger partial charge in [0, 0.05) is 17.6 Å². The highest BCUT2D eigenvalue weighted by molar-refractivity contribution is 6.00. The number of amides is 1. The Labute approximate surface area is 119 Å². The molecule has 0 unspecified atom stereocenters. The average molecular weight is 277 g/mol. The van der Waals surface area contributed by atoms with Crippen LogP contribution in [0.3, 0.4) is 0 Å². The van der Waals surface area contributed by atoms with Crippen LogP contribution in [-0.2, 0) is 11.2 Å². The topological polar surface area (TPSA) is 87.4 Å². The highest BCUT2D eigenvalue weighted by atomic mass is 16.3. The van der Waals surface area contributed by atoms with Crippen molar-refractivity contribution in [3.63, 3.8) is 0 Å². The van der Waals surface area contributed by atoms with E-state index in [4.69, 9.17) is 5.73 Å². The van der Waals surface area contributed by atoms with Crippen LogP contribution in [0.15, 0.2) is 12.1 Å². The van der Waals surface area contributed by atoms with Gasteiger partial charge >= 0.3 is 0 Å². The van der Waals surface area contributed by atoms with E-state index in [1.807, 2.05) is 12.1 Å². The third-order valence-electron chi connectivity index (χ3n) is 4.39. The molecular formula is C15H23N3O2. The predicted molar refractivity (Wildman–Crippen MR) is 81.8 cm³/mol. The predicted octanol–water partition coefficient (Wildman–Crippen LogP) is 1.97. The smallest absolute Gasteiger partial charge is 0.228 e. The third-order valence-corrected chi connectivity index (χ3v) is 4.39. The summed E-state index contributed by atoms with van der Waals surface area (Å²) in [6.07, 6.45) is 2.19. The fourth-order valence-electron chi connectivity index (χ4n) is 2.51. The van der Waals surface area contributed by atoms with E-state index in [0.717, 1.165) is 29.8 Å². The monoisotopic (exact) mass is 277 g/mol. The van der Waals surface area contributed by atoms with Crippen LogP contribution in [0.2, 0.25) is 0 Å². The van der Waals surface area contributed by atoms with Gasteiger partial charge in [-0.15, -0.1) is 0 Å². The zero-order valence-corrected chi connectivity index (χ0v) is 12.1. The molecule has 1 amide bonds. The van der Waals surface area contributed by atoms with Crippen molar-refractivity contribution >= 4 is 23.0 Å². The number of rotatable bonds is 6. The number of aliphatic hydroxyl groups excluding tert-OH is 1. The van der Waals surface area contributed by atoms with Crippen molar-refractivity contribution in [2.45, 2.75) is 33.1 Å². The number of nitrogens with two attached hydrogens (primary N) is 1. The van der Waals surface area contributed by atoms with Crippen LogP contribution in [-0.4, -0.2) is 24.2 Å². The first-order chi connectivity index (χ1) is 9.53. The summed E-state index contributed by atoms with van der Waals surface area (Å²) in [4.78, 5) is 11.4. The Hall–Kier alpha value is -1.75. The van der Waals surface area contributed by atoms with Crippen molar-refractivity contribution in [2.24, 2.45) is 5.41 Å². The van der Waals surface area contributed by atoms with Crippen LogP contribution in [0.25, 0.3) is 0 Å². The van der Waals surface area contributed by atoms with Gasteiger partial charge in [-0.25, -0.2) is 0 Å². The van der Waals surface area contributed by atoms with Gasteiger partial charge in [0.1, 0.15) is 0 Å². The summed E-state index contributed by atoms with van der Waals surface area (Å²) in [7, 11) is 0. The second-order valence-electron chi connectivity index (χ2n) is 5.54. The van der Waals surface area contributed by atoms with Crippen LogP contribution >= 0.6 is 0 Å². The molecule has 0 radical (unpaired) electrons. The van der Waals surface area contributed by atoms with E-state index in [-0.39, 0.29) is 17.9 Å². The zero-order valence-electron chi connectivity index (χ0n) is 12.1. The van der Waals surface area contributed by atoms with E-state index >= 15 is 0 Å². The first-order valence-corrected chi connectivity index (χ1v) is 7.10. The second kappa shape index (κ2) is 5.71. The number of carbonyl (C=O) groups is 1. The number of carbonyl (C=O) groups excluding carboxylic acids is 1. The average Bonchev–Trinajstić information content (AvgIpc) is 2.80. The van der Waals surface area contributed by atoms with Gasteiger partial charge in [-0.1, -0.05) is 13.8 Å². The molecule has 1 aliphatic heterocycles. The Morgan fingerprint density at radius 3 is 2.70 bits per heavy atom. The maximum atomic E-state index is 11.4. The number of benzene rings is 1. The van der Waals surface area contributed by atoms with Crippen molar-refractivity contribution in [1.82, 2.24) is 0 Å². The minimum absolute atomic E-state index is 0.00312. The summed E-state index contributed by atoms with van der Waals surface area (Å²) < 4.78 is 0. The molecule has 0 aromatic heterocycles. The van der Waals surface area contributed by atoms with E-state index < -0.39 is 0 Å². The molecule has 0 aliphatic carbocycles. The van der Waals surface area contributed by atoms with Gasteiger partial charge < -0.3 is 21.5 Å². The van der Waals surface area contributed by atoms with Gasteiger partial charge in [0.25, 0.3) is 0 Å². The lowest BCUT2D eigenvalue weighted by Crippen LogP contribution is -2.32. The van der Waals surface area contributed by atoms with Crippen LogP contribution in [0.4, 0.5) is 17.1 Å². The van der Waals surface area contributed by atoms with E-state index in [1.165, 1.54) is 0 Å². The summed E-state index contributed by atoms with van der Waals surface area (Å²) in [6.45, 7) is 4.96. The Balaban J connectivity index is 2.15. The van der Waals surface area contributed by atoms with Crippen molar-refractivity contribution in [2.75, 3.05) is 29.5 Å². The summed E-state index contributed by atoms with van der Waals surface area (Å²) in [6, 6.07) is 3.72. The van der Waals surface area contributed by atoms with Gasteiger partial charge in [-0.2, -0.15) is 0 Å². The quantitative estimate of drug-likeness (QED) is 0.599. The van der Waals surface area contributed by atoms with Crippen molar-refractivity contribution in [1.29, 1.82) is 0 Å². The molecule has 20 heavy (non-hydrogen) atoms. The highest BCUT2D eigenvalue weighted by Crippen LogP contribution is 2.33. The molecule has 0 fully saturated rings. The van der Waals surface area contributed by atoms with Crippen LogP contribution in [0, 0.1) is 5.41 Å². The maximum absolute atomic E-state index is 11.4. The van der Waals surface area contributed by atoms with Crippen LogP contribution in [0.5, 0.6) is 0 Å². The molecule has 5 heteroatoms. The number of nitrogen functional groups attached to an aromatic ring is 1. The van der Waals surface area contributed by atoms with E-state index in [0.29, 0.717) is 18.7 Å². The molecule has 0 spiro atoms. The summed E-state index contributed by atoms with van der Waals surface area (Å²) in [5.41, 5.74) is 9.12. The van der Waals surface area contributed by atoms with Gasteiger partial charge in [0.15, 0.2) is 0 Å². The molecule has 5 N–H and O–H groups in total. The molecule has 0 bridgehead atoms. The molecule has 1 aromatic carbocycles. The SMILES string of the molecule is CCC(CC)(CO)CNc1cc2c(cc1N)CC(=O)N2. The van der Waals surface area contributed by atoms with E-state index in [2.05, 4.69) is 24.5 Å². The Morgan fingerprint density at radius 1 is 1.40 bits per heavy atom. The maximum Gasteiger partial charge on any atom is 0.228 e. The van der Waals surface area contributed by atoms with Gasteiger partial charge in [0.2, 0.25) is 5.91 Å². The molecule has 110 valence electrons. The fourth-order valence-corrected chi connectivity index (χ4v) is 2.51. The molecule has 0 atom stereocenters. The van der Waals surface area contributed by atoms with E-state index in [9.17, 15) is 9.90 Å². The van der Waals surface area contributed by atoms with Crippen molar-refractivity contribution in [3.05, 3.63) is 17.7 Å². The molecule has 0 saturated heterocycles. The first-order valence-electron chi connectivity index (χ1n) is 7.10.